The Morgan fingerprint density at radius 3 is 2.49 bits per heavy atom. The molecular formula is C25H32F2N4O3Si. The number of ether oxygens (including phenoxy) is 1. The van der Waals surface area contributed by atoms with Crippen molar-refractivity contribution in [2.24, 2.45) is 5.92 Å². The third kappa shape index (κ3) is 6.69. The van der Waals surface area contributed by atoms with Crippen LogP contribution in [0.15, 0.2) is 30.5 Å². The van der Waals surface area contributed by atoms with Gasteiger partial charge in [-0.3, -0.25) is 4.79 Å². The summed E-state index contributed by atoms with van der Waals surface area (Å²) in [5.41, 5.74) is 5.71. The van der Waals surface area contributed by atoms with E-state index in [-0.39, 0.29) is 11.7 Å². The van der Waals surface area contributed by atoms with Gasteiger partial charge < -0.3 is 19.9 Å². The molecule has 0 spiro atoms. The van der Waals surface area contributed by atoms with E-state index >= 15 is 0 Å². The van der Waals surface area contributed by atoms with Crippen LogP contribution in [0.1, 0.15) is 37.7 Å². The van der Waals surface area contributed by atoms with Crippen molar-refractivity contribution >= 4 is 20.1 Å². The van der Waals surface area contributed by atoms with Gasteiger partial charge in [0.15, 0.2) is 0 Å². The maximum atomic E-state index is 14.5. The Labute approximate surface area is 205 Å². The first kappa shape index (κ1) is 26.4. The second-order valence-corrected chi connectivity index (χ2v) is 14.9. The number of methoxy groups -OCH3 is 1. The Morgan fingerprint density at radius 1 is 1.26 bits per heavy atom. The molecule has 3 rings (SSSR count). The summed E-state index contributed by atoms with van der Waals surface area (Å²) in [5, 5.41) is 2.46. The highest BCUT2D eigenvalue weighted by Crippen LogP contribution is 2.41. The van der Waals surface area contributed by atoms with Crippen LogP contribution < -0.4 is 5.32 Å². The average molecular weight is 503 g/mol. The lowest BCUT2D eigenvalue weighted by Crippen LogP contribution is -2.51. The molecule has 2 amide bonds. The molecule has 0 saturated carbocycles. The van der Waals surface area contributed by atoms with Crippen LogP contribution in [0, 0.1) is 17.4 Å². The fourth-order valence-corrected chi connectivity index (χ4v) is 4.34. The molecule has 0 aliphatic carbocycles. The predicted octanol–water partition coefficient (Wildman–Crippen LogP) is 4.59. The van der Waals surface area contributed by atoms with E-state index in [0.29, 0.717) is 5.69 Å². The zero-order valence-electron chi connectivity index (χ0n) is 20.9. The van der Waals surface area contributed by atoms with Crippen LogP contribution in [0.2, 0.25) is 19.6 Å². The van der Waals surface area contributed by atoms with Crippen molar-refractivity contribution in [2.45, 2.75) is 57.9 Å². The number of hydrogen-bond acceptors (Lipinski definition) is 4. The molecule has 10 heteroatoms. The number of nitrogens with zero attached hydrogens (tertiary/aromatic N) is 2. The van der Waals surface area contributed by atoms with Crippen LogP contribution in [-0.4, -0.2) is 60.6 Å². The standard InChI is InChI=1S/C25H32F2N4O3Si/c1-16(2)21(30-24(33)34-3)23(32)31-15-25(26,27)13-20(31)22-28-14-19(29-22)18-9-7-17(8-10-18)11-12-35(4,5)6/h7-10,14,16,20-21H,13,15H2,1-6H3,(H,28,29)(H,30,33)/t20-,21-/m0/s1. The number of alkyl halides is 2. The molecule has 35 heavy (non-hydrogen) atoms. The number of rotatable bonds is 5. The number of amides is 2. The van der Waals surface area contributed by atoms with Crippen LogP contribution in [0.4, 0.5) is 13.6 Å². The van der Waals surface area contributed by atoms with Gasteiger partial charge in [-0.1, -0.05) is 51.5 Å². The van der Waals surface area contributed by atoms with Crippen LogP contribution in [0.25, 0.3) is 11.3 Å². The summed E-state index contributed by atoms with van der Waals surface area (Å²) >= 11 is 0. The molecule has 0 unspecified atom stereocenters. The monoisotopic (exact) mass is 502 g/mol. The molecule has 2 heterocycles. The Balaban J connectivity index is 1.84. The smallest absolute Gasteiger partial charge is 0.407 e. The Morgan fingerprint density at radius 2 is 1.91 bits per heavy atom. The number of hydrogen-bond donors (Lipinski definition) is 2. The summed E-state index contributed by atoms with van der Waals surface area (Å²) in [5.74, 6) is -0.532. The van der Waals surface area contributed by atoms with Gasteiger partial charge in [0.1, 0.15) is 19.9 Å². The number of H-pyrrole nitrogens is 1. The number of nitrogens with one attached hydrogen (secondary N) is 2. The normalized spacial score (nSPS) is 18.1. The summed E-state index contributed by atoms with van der Waals surface area (Å²) in [6, 6.07) is 5.66. The van der Waals surface area contributed by atoms with Crippen molar-refractivity contribution in [1.82, 2.24) is 20.2 Å². The lowest BCUT2D eigenvalue weighted by molar-refractivity contribution is -0.136. The van der Waals surface area contributed by atoms with E-state index in [2.05, 4.69) is 51.1 Å². The van der Waals surface area contributed by atoms with E-state index < -0.39 is 51.0 Å². The third-order valence-corrected chi connectivity index (χ3v) is 6.51. The molecule has 1 saturated heterocycles. The van der Waals surface area contributed by atoms with E-state index in [1.807, 2.05) is 24.3 Å². The van der Waals surface area contributed by atoms with Crippen LogP contribution in [-0.2, 0) is 9.53 Å². The fraction of sp³-hybridized carbons (Fsp3) is 0.480. The summed E-state index contributed by atoms with van der Waals surface area (Å²) in [6.07, 6.45) is 0.224. The molecule has 1 fully saturated rings. The number of alkyl carbamates (subject to hydrolysis) is 1. The van der Waals surface area contributed by atoms with Crippen molar-refractivity contribution in [3.05, 3.63) is 41.9 Å². The quantitative estimate of drug-likeness (QED) is 0.462. The van der Waals surface area contributed by atoms with Gasteiger partial charge in [0, 0.05) is 12.0 Å². The maximum absolute atomic E-state index is 14.5. The summed E-state index contributed by atoms with van der Waals surface area (Å²) < 4.78 is 33.5. The highest BCUT2D eigenvalue weighted by atomic mass is 28.3. The van der Waals surface area contributed by atoms with Gasteiger partial charge in [-0.25, -0.2) is 18.6 Å². The molecular weight excluding hydrogens is 470 g/mol. The zero-order chi connectivity index (χ0) is 26.0. The van der Waals surface area contributed by atoms with Gasteiger partial charge in [-0.15, -0.1) is 5.54 Å². The van der Waals surface area contributed by atoms with Crippen molar-refractivity contribution < 1.29 is 23.1 Å². The topological polar surface area (TPSA) is 87.3 Å². The number of benzene rings is 1. The van der Waals surface area contributed by atoms with Gasteiger partial charge in [-0.2, -0.15) is 0 Å². The number of imidazole rings is 1. The van der Waals surface area contributed by atoms with E-state index in [9.17, 15) is 18.4 Å². The summed E-state index contributed by atoms with van der Waals surface area (Å²) in [6.45, 7) is 9.24. The number of aromatic amines is 1. The van der Waals surface area contributed by atoms with E-state index in [0.717, 1.165) is 16.0 Å². The van der Waals surface area contributed by atoms with Gasteiger partial charge in [0.05, 0.1) is 31.6 Å². The number of likely N-dealkylation sites (tertiary alicyclic amines) is 1. The minimum absolute atomic E-state index is 0.272. The van der Waals surface area contributed by atoms with Crippen molar-refractivity contribution in [1.29, 1.82) is 0 Å². The molecule has 7 nitrogen and oxygen atoms in total. The van der Waals surface area contributed by atoms with Gasteiger partial charge in [0.25, 0.3) is 5.92 Å². The van der Waals surface area contributed by atoms with E-state index in [1.165, 1.54) is 7.11 Å². The zero-order valence-corrected chi connectivity index (χ0v) is 21.9. The lowest BCUT2D eigenvalue weighted by Gasteiger charge is -2.29. The number of halogens is 2. The minimum Gasteiger partial charge on any atom is -0.453 e. The van der Waals surface area contributed by atoms with Crippen LogP contribution in [0.5, 0.6) is 0 Å². The molecule has 0 bridgehead atoms. The lowest BCUT2D eigenvalue weighted by atomic mass is 10.0. The fourth-order valence-electron chi connectivity index (χ4n) is 3.82. The molecule has 2 aromatic rings. The largest absolute Gasteiger partial charge is 0.453 e. The van der Waals surface area contributed by atoms with E-state index in [4.69, 9.17) is 0 Å². The SMILES string of the molecule is COC(=O)N[C@H](C(=O)N1CC(F)(F)C[C@H]1c1ncc(-c2ccc(C#C[Si](C)(C)C)cc2)[nH]1)C(C)C. The first-order valence-electron chi connectivity index (χ1n) is 11.5. The molecule has 188 valence electrons. The molecule has 2 N–H and O–H groups in total. The average Bonchev–Trinajstić information content (AvgIpc) is 3.39. The number of carbonyl (C=O) groups is 2. The van der Waals surface area contributed by atoms with Gasteiger partial charge in [0.2, 0.25) is 5.91 Å². The minimum atomic E-state index is -3.07. The first-order valence-corrected chi connectivity index (χ1v) is 15.0. The highest BCUT2D eigenvalue weighted by Gasteiger charge is 2.50. The molecule has 1 aromatic carbocycles. The molecule has 2 atom stereocenters. The third-order valence-electron chi connectivity index (χ3n) is 5.63. The number of carbonyl (C=O) groups excluding carboxylic acids is 2. The van der Waals surface area contributed by atoms with Crippen molar-refractivity contribution in [3.8, 4) is 22.7 Å². The summed E-state index contributed by atoms with van der Waals surface area (Å²) in [4.78, 5) is 33.5. The van der Waals surface area contributed by atoms with Crippen molar-refractivity contribution in [3.63, 3.8) is 0 Å². The Bertz CT molecular complexity index is 1130. The predicted molar refractivity (Wildman–Crippen MR) is 132 cm³/mol. The molecule has 0 radical (unpaired) electrons. The van der Waals surface area contributed by atoms with Crippen LogP contribution in [0.3, 0.4) is 0 Å². The Hall–Kier alpha value is -3.19. The molecule has 1 aliphatic heterocycles. The van der Waals surface area contributed by atoms with E-state index in [1.54, 1.807) is 20.0 Å². The van der Waals surface area contributed by atoms with Crippen LogP contribution >= 0.6 is 0 Å². The van der Waals surface area contributed by atoms with Crippen molar-refractivity contribution in [2.75, 3.05) is 13.7 Å². The highest BCUT2D eigenvalue weighted by molar-refractivity contribution is 6.83. The first-order chi connectivity index (χ1) is 16.3. The van der Waals surface area contributed by atoms with Gasteiger partial charge in [-0.05, 0) is 23.6 Å². The van der Waals surface area contributed by atoms with Gasteiger partial charge >= 0.3 is 6.09 Å². The summed E-state index contributed by atoms with van der Waals surface area (Å²) in [7, 11) is -0.304. The molecule has 1 aliphatic rings. The molecule has 1 aromatic heterocycles. The number of aromatic nitrogens is 2. The second kappa shape index (κ2) is 10.2. The maximum Gasteiger partial charge on any atom is 0.407 e. The second-order valence-electron chi connectivity index (χ2n) is 10.2. The Kier molecular flexibility index (Phi) is 7.70.